The van der Waals surface area contributed by atoms with Crippen molar-refractivity contribution in [3.05, 3.63) is 23.8 Å². The first-order valence-corrected chi connectivity index (χ1v) is 6.42. The number of ether oxygens (including phenoxy) is 1. The Morgan fingerprint density at radius 3 is 2.79 bits per heavy atom. The van der Waals surface area contributed by atoms with E-state index in [0.717, 1.165) is 25.3 Å². The molecule has 0 saturated heterocycles. The lowest BCUT2D eigenvalue weighted by Crippen LogP contribution is -2.17. The average molecular weight is 264 g/mol. The second-order valence-electron chi connectivity index (χ2n) is 5.20. The number of rotatable bonds is 7. The van der Waals surface area contributed by atoms with Crippen LogP contribution in [0, 0.1) is 5.41 Å². The van der Waals surface area contributed by atoms with Crippen LogP contribution >= 0.6 is 0 Å². The molecule has 1 aromatic rings. The van der Waals surface area contributed by atoms with Gasteiger partial charge in [0.15, 0.2) is 0 Å². The third kappa shape index (κ3) is 3.38. The van der Waals surface area contributed by atoms with Gasteiger partial charge in [0.1, 0.15) is 0 Å². The lowest BCUT2D eigenvalue weighted by atomic mass is 10.0. The van der Waals surface area contributed by atoms with Crippen molar-refractivity contribution in [1.82, 2.24) is 0 Å². The van der Waals surface area contributed by atoms with Crippen LogP contribution in [-0.2, 0) is 4.74 Å². The quantitative estimate of drug-likeness (QED) is 0.657. The third-order valence-corrected chi connectivity index (χ3v) is 3.74. The Morgan fingerprint density at radius 1 is 1.53 bits per heavy atom. The van der Waals surface area contributed by atoms with Crippen LogP contribution in [0.1, 0.15) is 29.6 Å². The monoisotopic (exact) mass is 264 g/mol. The van der Waals surface area contributed by atoms with E-state index in [1.54, 1.807) is 19.2 Å². The van der Waals surface area contributed by atoms with Gasteiger partial charge in [-0.25, -0.2) is 4.79 Å². The summed E-state index contributed by atoms with van der Waals surface area (Å²) in [5.41, 5.74) is 7.36. The first kappa shape index (κ1) is 13.7. The highest BCUT2D eigenvalue weighted by Gasteiger charge is 2.41. The van der Waals surface area contributed by atoms with Crippen LogP contribution in [0.5, 0.6) is 0 Å². The molecule has 0 radical (unpaired) electrons. The number of hydrogen-bond donors (Lipinski definition) is 3. The lowest BCUT2D eigenvalue weighted by molar-refractivity contribution is 0.0698. The zero-order valence-electron chi connectivity index (χ0n) is 11.1. The van der Waals surface area contributed by atoms with Gasteiger partial charge in [-0.2, -0.15) is 0 Å². The highest BCUT2D eigenvalue weighted by Crippen LogP contribution is 2.48. The van der Waals surface area contributed by atoms with E-state index in [-0.39, 0.29) is 5.56 Å². The molecule has 19 heavy (non-hydrogen) atoms. The fraction of sp³-hybridized carbons (Fsp3) is 0.500. The molecule has 4 N–H and O–H groups in total. The Hall–Kier alpha value is -1.75. The van der Waals surface area contributed by atoms with Gasteiger partial charge in [-0.05, 0) is 42.9 Å². The molecule has 0 bridgehead atoms. The molecular formula is C14H20N2O3. The van der Waals surface area contributed by atoms with Crippen molar-refractivity contribution >= 4 is 17.3 Å². The third-order valence-electron chi connectivity index (χ3n) is 3.74. The molecule has 0 spiro atoms. The van der Waals surface area contributed by atoms with E-state index in [4.69, 9.17) is 15.6 Å². The van der Waals surface area contributed by atoms with Gasteiger partial charge in [-0.1, -0.05) is 0 Å². The summed E-state index contributed by atoms with van der Waals surface area (Å²) in [6.07, 6.45) is 3.48. The topological polar surface area (TPSA) is 84.6 Å². The van der Waals surface area contributed by atoms with Crippen molar-refractivity contribution < 1.29 is 14.6 Å². The van der Waals surface area contributed by atoms with Crippen LogP contribution in [-0.4, -0.2) is 31.3 Å². The number of benzene rings is 1. The van der Waals surface area contributed by atoms with E-state index in [1.807, 2.05) is 0 Å². The molecule has 2 rings (SSSR count). The highest BCUT2D eigenvalue weighted by atomic mass is 16.5. The Bertz CT molecular complexity index is 470. The molecule has 1 saturated carbocycles. The second kappa shape index (κ2) is 5.48. The number of carboxylic acids is 1. The number of methoxy groups -OCH3 is 1. The number of nitrogen functional groups attached to an aromatic ring is 1. The maximum absolute atomic E-state index is 10.9. The molecule has 0 heterocycles. The molecule has 5 nitrogen and oxygen atoms in total. The van der Waals surface area contributed by atoms with E-state index in [2.05, 4.69) is 5.32 Å². The van der Waals surface area contributed by atoms with Gasteiger partial charge in [-0.3, -0.25) is 0 Å². The summed E-state index contributed by atoms with van der Waals surface area (Å²) < 4.78 is 5.12. The zero-order chi connectivity index (χ0) is 13.9. The predicted octanol–water partition coefficient (Wildman–Crippen LogP) is 2.20. The van der Waals surface area contributed by atoms with Gasteiger partial charge in [0.05, 0.1) is 5.56 Å². The van der Waals surface area contributed by atoms with Crippen LogP contribution in [0.25, 0.3) is 0 Å². The van der Waals surface area contributed by atoms with Crippen LogP contribution < -0.4 is 11.1 Å². The largest absolute Gasteiger partial charge is 0.478 e. The summed E-state index contributed by atoms with van der Waals surface area (Å²) >= 11 is 0. The number of carboxylic acid groups (broad SMARTS) is 1. The minimum atomic E-state index is -0.997. The molecule has 1 fully saturated rings. The van der Waals surface area contributed by atoms with E-state index in [9.17, 15) is 4.79 Å². The van der Waals surface area contributed by atoms with E-state index in [1.165, 1.54) is 18.9 Å². The molecule has 1 aromatic carbocycles. The van der Waals surface area contributed by atoms with Gasteiger partial charge in [-0.15, -0.1) is 0 Å². The summed E-state index contributed by atoms with van der Waals surface area (Å²) in [6.45, 7) is 1.66. The summed E-state index contributed by atoms with van der Waals surface area (Å²) in [6, 6.07) is 4.97. The minimum absolute atomic E-state index is 0.145. The van der Waals surface area contributed by atoms with Crippen molar-refractivity contribution in [1.29, 1.82) is 0 Å². The SMILES string of the molecule is COCCC1(CNc2ccc(C(=O)O)c(N)c2)CC1. The number of hydrogen-bond acceptors (Lipinski definition) is 4. The standard InChI is InChI=1S/C14H20N2O3/c1-19-7-6-14(4-5-14)9-16-10-2-3-11(13(17)18)12(15)8-10/h2-3,8,16H,4-7,9,15H2,1H3,(H,17,18). The summed E-state index contributed by atoms with van der Waals surface area (Å²) in [5, 5.41) is 12.2. The molecule has 0 atom stereocenters. The van der Waals surface area contributed by atoms with Crippen LogP contribution in [0.15, 0.2) is 18.2 Å². The van der Waals surface area contributed by atoms with Crippen molar-refractivity contribution in [3.8, 4) is 0 Å². The first-order valence-electron chi connectivity index (χ1n) is 6.42. The molecule has 0 amide bonds. The molecular weight excluding hydrogens is 244 g/mol. The summed E-state index contributed by atoms with van der Waals surface area (Å²) in [4.78, 5) is 10.9. The second-order valence-corrected chi connectivity index (χ2v) is 5.20. The minimum Gasteiger partial charge on any atom is -0.478 e. The van der Waals surface area contributed by atoms with Crippen LogP contribution in [0.4, 0.5) is 11.4 Å². The Kier molecular flexibility index (Phi) is 3.95. The first-order chi connectivity index (χ1) is 9.06. The summed E-state index contributed by atoms with van der Waals surface area (Å²) in [5.74, 6) is -0.997. The van der Waals surface area contributed by atoms with Crippen molar-refractivity contribution in [3.63, 3.8) is 0 Å². The number of nitrogens with one attached hydrogen (secondary N) is 1. The number of anilines is 2. The molecule has 104 valence electrons. The zero-order valence-corrected chi connectivity index (χ0v) is 11.1. The number of carbonyl (C=O) groups is 1. The van der Waals surface area contributed by atoms with Gasteiger partial charge < -0.3 is 20.9 Å². The number of aromatic carboxylic acids is 1. The lowest BCUT2D eigenvalue weighted by Gasteiger charge is -2.16. The number of nitrogens with two attached hydrogens (primary N) is 1. The molecule has 0 aliphatic heterocycles. The van der Waals surface area contributed by atoms with E-state index < -0.39 is 5.97 Å². The fourth-order valence-corrected chi connectivity index (χ4v) is 2.17. The maximum atomic E-state index is 10.9. The van der Waals surface area contributed by atoms with Gasteiger partial charge >= 0.3 is 5.97 Å². The Morgan fingerprint density at radius 2 is 2.26 bits per heavy atom. The summed E-state index contributed by atoms with van der Waals surface area (Å²) in [7, 11) is 1.72. The average Bonchev–Trinajstić information content (AvgIpc) is 3.14. The van der Waals surface area contributed by atoms with E-state index >= 15 is 0 Å². The Labute approximate surface area is 112 Å². The molecule has 1 aliphatic rings. The maximum Gasteiger partial charge on any atom is 0.337 e. The molecule has 1 aliphatic carbocycles. The van der Waals surface area contributed by atoms with Crippen molar-refractivity contribution in [2.45, 2.75) is 19.3 Å². The van der Waals surface area contributed by atoms with Crippen LogP contribution in [0.2, 0.25) is 0 Å². The normalized spacial score (nSPS) is 16.1. The fourth-order valence-electron chi connectivity index (χ4n) is 2.17. The van der Waals surface area contributed by atoms with Gasteiger partial charge in [0.2, 0.25) is 0 Å². The predicted molar refractivity (Wildman–Crippen MR) is 74.5 cm³/mol. The Balaban J connectivity index is 1.93. The highest BCUT2D eigenvalue weighted by molar-refractivity contribution is 5.94. The van der Waals surface area contributed by atoms with Gasteiger partial charge in [0.25, 0.3) is 0 Å². The molecule has 5 heteroatoms. The molecule has 0 aromatic heterocycles. The van der Waals surface area contributed by atoms with Crippen LogP contribution in [0.3, 0.4) is 0 Å². The van der Waals surface area contributed by atoms with E-state index in [0.29, 0.717) is 11.1 Å². The van der Waals surface area contributed by atoms with Gasteiger partial charge in [0, 0.05) is 31.6 Å². The van der Waals surface area contributed by atoms with Crippen molar-refractivity contribution in [2.75, 3.05) is 31.3 Å². The van der Waals surface area contributed by atoms with Crippen molar-refractivity contribution in [2.24, 2.45) is 5.41 Å². The molecule has 0 unspecified atom stereocenters. The smallest absolute Gasteiger partial charge is 0.337 e.